The topological polar surface area (TPSA) is 67.6 Å². The average Bonchev–Trinajstić information content (AvgIpc) is 2.42. The van der Waals surface area contributed by atoms with Crippen LogP contribution in [0.5, 0.6) is 0 Å². The smallest absolute Gasteiger partial charge is 0.305 e. The minimum absolute atomic E-state index is 0.0653. The molecule has 1 aliphatic heterocycles. The van der Waals surface area contributed by atoms with Crippen LogP contribution in [0.25, 0.3) is 0 Å². The van der Waals surface area contributed by atoms with Crippen molar-refractivity contribution in [2.45, 2.75) is 12.6 Å². The number of nitrogens with zero attached hydrogens (tertiary/aromatic N) is 2. The molecular formula is C13H18FN3O3. The molecule has 1 N–H and O–H groups in total. The normalized spacial score (nSPS) is 20.0. The minimum atomic E-state index is -0.742. The molecule has 6 nitrogen and oxygen atoms in total. The number of halogens is 1. The van der Waals surface area contributed by atoms with Crippen molar-refractivity contribution < 1.29 is 14.1 Å². The maximum absolute atomic E-state index is 14.0. The van der Waals surface area contributed by atoms with Gasteiger partial charge in [-0.05, 0) is 7.05 Å². The van der Waals surface area contributed by atoms with Crippen LogP contribution in [0.2, 0.25) is 0 Å². The average molecular weight is 283 g/mol. The lowest BCUT2D eigenvalue weighted by Crippen LogP contribution is -2.45. The first-order valence-electron chi connectivity index (χ1n) is 6.52. The van der Waals surface area contributed by atoms with Crippen molar-refractivity contribution in [2.24, 2.45) is 0 Å². The molecule has 1 heterocycles. The van der Waals surface area contributed by atoms with Crippen molar-refractivity contribution in [3.05, 3.63) is 39.7 Å². The summed E-state index contributed by atoms with van der Waals surface area (Å²) in [7, 11) is 1.85. The molecule has 1 aliphatic rings. The first-order chi connectivity index (χ1) is 9.61. The summed E-state index contributed by atoms with van der Waals surface area (Å²) in [4.78, 5) is 12.1. The van der Waals surface area contributed by atoms with Gasteiger partial charge in [0.1, 0.15) is 0 Å². The molecule has 20 heavy (non-hydrogen) atoms. The zero-order valence-corrected chi connectivity index (χ0v) is 11.3. The van der Waals surface area contributed by atoms with Gasteiger partial charge in [0, 0.05) is 37.8 Å². The van der Waals surface area contributed by atoms with Gasteiger partial charge in [-0.15, -0.1) is 0 Å². The number of benzene rings is 1. The summed E-state index contributed by atoms with van der Waals surface area (Å²) in [6.45, 7) is 3.05. The Morgan fingerprint density at radius 2 is 2.40 bits per heavy atom. The second kappa shape index (κ2) is 6.74. The van der Waals surface area contributed by atoms with Gasteiger partial charge < -0.3 is 10.1 Å². The Bertz CT molecular complexity index is 482. The molecule has 1 fully saturated rings. The van der Waals surface area contributed by atoms with Crippen molar-refractivity contribution in [2.75, 3.05) is 33.3 Å². The molecule has 0 aliphatic carbocycles. The molecule has 1 unspecified atom stereocenters. The third kappa shape index (κ3) is 3.50. The Kier molecular flexibility index (Phi) is 4.99. The van der Waals surface area contributed by atoms with E-state index in [-0.39, 0.29) is 6.10 Å². The van der Waals surface area contributed by atoms with Gasteiger partial charge in [0.15, 0.2) is 0 Å². The highest BCUT2D eigenvalue weighted by atomic mass is 19.1. The predicted octanol–water partition coefficient (Wildman–Crippen LogP) is 1.15. The lowest BCUT2D eigenvalue weighted by Gasteiger charge is -2.32. The molecule has 0 spiro atoms. The number of hydrogen-bond donors (Lipinski definition) is 1. The van der Waals surface area contributed by atoms with Crippen LogP contribution in [0, 0.1) is 15.9 Å². The molecular weight excluding hydrogens is 265 g/mol. The van der Waals surface area contributed by atoms with E-state index in [1.165, 1.54) is 12.1 Å². The fourth-order valence-electron chi connectivity index (χ4n) is 2.35. The van der Waals surface area contributed by atoms with E-state index in [1.54, 1.807) is 6.07 Å². The van der Waals surface area contributed by atoms with Gasteiger partial charge >= 0.3 is 5.69 Å². The number of morpholine rings is 1. The summed E-state index contributed by atoms with van der Waals surface area (Å²) in [6.07, 6.45) is 0.0653. The third-order valence-electron chi connectivity index (χ3n) is 3.30. The molecule has 0 aromatic heterocycles. The zero-order chi connectivity index (χ0) is 14.5. The summed E-state index contributed by atoms with van der Waals surface area (Å²) >= 11 is 0. The molecule has 1 aromatic rings. The van der Waals surface area contributed by atoms with Gasteiger partial charge in [0.05, 0.1) is 17.6 Å². The fraction of sp³-hybridized carbons (Fsp3) is 0.538. The highest BCUT2D eigenvalue weighted by Crippen LogP contribution is 2.22. The van der Waals surface area contributed by atoms with Crippen molar-refractivity contribution >= 4 is 5.69 Å². The third-order valence-corrected chi connectivity index (χ3v) is 3.30. The molecule has 7 heteroatoms. The van der Waals surface area contributed by atoms with Crippen molar-refractivity contribution in [3.8, 4) is 0 Å². The Morgan fingerprint density at radius 3 is 3.10 bits per heavy atom. The van der Waals surface area contributed by atoms with Gasteiger partial charge in [-0.1, -0.05) is 12.1 Å². The lowest BCUT2D eigenvalue weighted by atomic mass is 10.1. The number of nitrogens with one attached hydrogen (secondary N) is 1. The summed E-state index contributed by atoms with van der Waals surface area (Å²) < 4.78 is 19.6. The van der Waals surface area contributed by atoms with E-state index in [2.05, 4.69) is 5.32 Å². The van der Waals surface area contributed by atoms with Crippen LogP contribution in [0.1, 0.15) is 5.56 Å². The molecule has 0 amide bonds. The first kappa shape index (κ1) is 14.8. The molecule has 1 aromatic carbocycles. The molecule has 1 atom stereocenters. The van der Waals surface area contributed by atoms with Crippen molar-refractivity contribution in [1.29, 1.82) is 0 Å². The van der Waals surface area contributed by atoms with E-state index in [0.717, 1.165) is 6.54 Å². The highest BCUT2D eigenvalue weighted by molar-refractivity contribution is 5.36. The van der Waals surface area contributed by atoms with E-state index in [4.69, 9.17) is 4.74 Å². The predicted molar refractivity (Wildman–Crippen MR) is 72.0 cm³/mol. The van der Waals surface area contributed by atoms with E-state index in [1.807, 2.05) is 11.9 Å². The van der Waals surface area contributed by atoms with Crippen LogP contribution < -0.4 is 5.32 Å². The number of nitro groups is 1. The standard InChI is InChI=1S/C13H18FN3O3/c1-15-7-11-9-16(5-6-20-11)8-10-3-2-4-12(13(10)14)17(18)19/h2-4,11,15H,5-9H2,1H3. The van der Waals surface area contributed by atoms with E-state index >= 15 is 0 Å². The SMILES string of the molecule is CNCC1CN(Cc2cccc([N+](=O)[O-])c2F)CCO1. The summed E-state index contributed by atoms with van der Waals surface area (Å²) in [5.41, 5.74) is -0.119. The molecule has 110 valence electrons. The Balaban J connectivity index is 2.06. The Hall–Kier alpha value is -1.57. The first-order valence-corrected chi connectivity index (χ1v) is 6.52. The zero-order valence-electron chi connectivity index (χ0n) is 11.3. The van der Waals surface area contributed by atoms with Crippen LogP contribution in [0.15, 0.2) is 18.2 Å². The fourth-order valence-corrected chi connectivity index (χ4v) is 2.35. The van der Waals surface area contributed by atoms with Gasteiger partial charge in [0.25, 0.3) is 0 Å². The molecule has 1 saturated heterocycles. The summed E-state index contributed by atoms with van der Waals surface area (Å²) in [5.74, 6) is -0.742. The monoisotopic (exact) mass is 283 g/mol. The van der Waals surface area contributed by atoms with E-state index < -0.39 is 16.4 Å². The quantitative estimate of drug-likeness (QED) is 0.648. The maximum Gasteiger partial charge on any atom is 0.305 e. The van der Waals surface area contributed by atoms with Gasteiger partial charge in [-0.2, -0.15) is 4.39 Å². The van der Waals surface area contributed by atoms with Gasteiger partial charge in [-0.3, -0.25) is 15.0 Å². The second-order valence-corrected chi connectivity index (χ2v) is 4.79. The van der Waals surface area contributed by atoms with Crippen LogP contribution in [-0.4, -0.2) is 49.2 Å². The summed E-state index contributed by atoms with van der Waals surface area (Å²) in [5, 5.41) is 13.8. The molecule has 0 bridgehead atoms. The van der Waals surface area contributed by atoms with Crippen LogP contribution >= 0.6 is 0 Å². The largest absolute Gasteiger partial charge is 0.374 e. The number of hydrogen-bond acceptors (Lipinski definition) is 5. The van der Waals surface area contributed by atoms with Crippen LogP contribution in [0.4, 0.5) is 10.1 Å². The number of ether oxygens (including phenoxy) is 1. The van der Waals surface area contributed by atoms with Crippen LogP contribution in [-0.2, 0) is 11.3 Å². The molecule has 2 rings (SSSR count). The number of nitro benzene ring substituents is 1. The van der Waals surface area contributed by atoms with E-state index in [0.29, 0.717) is 31.8 Å². The Labute approximate surface area is 116 Å². The van der Waals surface area contributed by atoms with E-state index in [9.17, 15) is 14.5 Å². The second-order valence-electron chi connectivity index (χ2n) is 4.79. The van der Waals surface area contributed by atoms with Crippen LogP contribution in [0.3, 0.4) is 0 Å². The molecule has 0 radical (unpaired) electrons. The summed E-state index contributed by atoms with van der Waals surface area (Å²) in [6, 6.07) is 4.29. The Morgan fingerprint density at radius 1 is 1.60 bits per heavy atom. The van der Waals surface area contributed by atoms with Gasteiger partial charge in [0.2, 0.25) is 5.82 Å². The number of rotatable bonds is 5. The van der Waals surface area contributed by atoms with Crippen molar-refractivity contribution in [3.63, 3.8) is 0 Å². The minimum Gasteiger partial charge on any atom is -0.374 e. The van der Waals surface area contributed by atoms with Crippen molar-refractivity contribution in [1.82, 2.24) is 10.2 Å². The maximum atomic E-state index is 14.0. The number of likely N-dealkylation sites (N-methyl/N-ethyl adjacent to an activating group) is 1. The van der Waals surface area contributed by atoms with Gasteiger partial charge in [-0.25, -0.2) is 0 Å². The lowest BCUT2D eigenvalue weighted by molar-refractivity contribution is -0.387. The highest BCUT2D eigenvalue weighted by Gasteiger charge is 2.23. The molecule has 0 saturated carbocycles.